The Hall–Kier alpha value is -2.22. The highest BCUT2D eigenvalue weighted by Crippen LogP contribution is 2.06. The van der Waals surface area contributed by atoms with Crippen LogP contribution in [0.3, 0.4) is 0 Å². The molecule has 0 saturated heterocycles. The van der Waals surface area contributed by atoms with Gasteiger partial charge in [-0.15, -0.1) is 10.2 Å². The number of hydrogen-bond acceptors (Lipinski definition) is 4. The summed E-state index contributed by atoms with van der Waals surface area (Å²) in [5, 5.41) is 0. The molecule has 3 rings (SSSR count). The highest BCUT2D eigenvalue weighted by atomic mass is 35.7. The molecule has 7 heteroatoms. The number of aromatic nitrogens is 2. The first-order valence-electron chi connectivity index (χ1n) is 6.25. The minimum atomic E-state index is -4.94. The third-order valence-corrected chi connectivity index (χ3v) is 2.75. The molecule has 2 aromatic carbocycles. The third kappa shape index (κ3) is 5.28. The summed E-state index contributed by atoms with van der Waals surface area (Å²) in [4.78, 5) is 0. The molecule has 0 fully saturated rings. The zero-order chi connectivity index (χ0) is 16.0. The first-order valence-corrected chi connectivity index (χ1v) is 7.49. The predicted molar refractivity (Wildman–Crippen MR) is 67.3 cm³/mol. The summed E-state index contributed by atoms with van der Waals surface area (Å²) < 4.78 is 38.2. The number of rotatable bonds is 2. The van der Waals surface area contributed by atoms with Gasteiger partial charge < -0.3 is 0 Å². The van der Waals surface area contributed by atoms with Gasteiger partial charge in [0.25, 0.3) is 6.33 Å². The van der Waals surface area contributed by atoms with Crippen LogP contribution in [0.25, 0.3) is 11.4 Å². The molecule has 0 aliphatic rings. The average Bonchev–Trinajstić information content (AvgIpc) is 2.97. The highest BCUT2D eigenvalue weighted by molar-refractivity contribution is 5.30. The van der Waals surface area contributed by atoms with E-state index in [-0.39, 0.29) is 0 Å². The van der Waals surface area contributed by atoms with Gasteiger partial charge in [-0.25, -0.2) is 27.8 Å². The highest BCUT2D eigenvalue weighted by Gasteiger charge is 2.06. The van der Waals surface area contributed by atoms with Crippen LogP contribution in [-0.2, 0) is 0 Å². The van der Waals surface area contributed by atoms with Gasteiger partial charge in [0.2, 0.25) is 0 Å². The van der Waals surface area contributed by atoms with Crippen LogP contribution in [0.1, 0.15) is 0 Å². The van der Waals surface area contributed by atoms with E-state index < -0.39 is 10.2 Å². The van der Waals surface area contributed by atoms with Crippen molar-refractivity contribution in [1.82, 2.24) is 4.57 Å². The topological polar surface area (TPSA) is 101 Å². The van der Waals surface area contributed by atoms with E-state index in [0.717, 1.165) is 0 Å². The van der Waals surface area contributed by atoms with E-state index in [2.05, 4.69) is 52.1 Å². The van der Waals surface area contributed by atoms with E-state index in [1.165, 1.54) is 11.4 Å². The lowest BCUT2D eigenvalue weighted by atomic mass is 10.3. The van der Waals surface area contributed by atoms with Crippen molar-refractivity contribution in [3.63, 3.8) is 0 Å². The van der Waals surface area contributed by atoms with Crippen LogP contribution in [0.5, 0.6) is 0 Å². The van der Waals surface area contributed by atoms with Crippen molar-refractivity contribution in [1.29, 1.82) is 0 Å². The summed E-state index contributed by atoms with van der Waals surface area (Å²) in [5.41, 5.74) is 2.34. The molecule has 1 aromatic heterocycles. The van der Waals surface area contributed by atoms with E-state index in [1.807, 2.05) is 36.4 Å². The molecule has 0 radical (unpaired) electrons. The fraction of sp³-hybridized carbons (Fsp3) is 0. The van der Waals surface area contributed by atoms with E-state index in [4.69, 9.17) is 18.6 Å². The molecule has 0 aliphatic heterocycles. The van der Waals surface area contributed by atoms with Crippen LogP contribution in [0.2, 0.25) is 0 Å². The molecular weight excluding hydrogens is 308 g/mol. The number of benzene rings is 2. The summed E-state index contributed by atoms with van der Waals surface area (Å²) in [6.45, 7) is 0. The molecule has 0 amide bonds. The molecule has 3 aromatic rings. The van der Waals surface area contributed by atoms with Gasteiger partial charge in [-0.05, 0) is 24.3 Å². The number of halogens is 1. The summed E-state index contributed by atoms with van der Waals surface area (Å²) in [6.07, 6.45) is 6.19. The van der Waals surface area contributed by atoms with Crippen molar-refractivity contribution in [2.24, 2.45) is 0 Å². The molecule has 114 valence electrons. The van der Waals surface area contributed by atoms with Crippen molar-refractivity contribution >= 4 is 0 Å². The Morgan fingerprint density at radius 2 is 1.27 bits per heavy atom. The fourth-order valence-corrected chi connectivity index (χ4v) is 1.86. The zero-order valence-electron chi connectivity index (χ0n) is 11.4. The number of para-hydroxylation sites is 2. The molecule has 0 spiro atoms. The second kappa shape index (κ2) is 7.17. The van der Waals surface area contributed by atoms with Crippen LogP contribution >= 0.6 is 0 Å². The van der Waals surface area contributed by atoms with Crippen molar-refractivity contribution < 1.29 is 33.4 Å². The van der Waals surface area contributed by atoms with E-state index in [1.54, 1.807) is 0 Å². The van der Waals surface area contributed by atoms with Gasteiger partial charge in [0.1, 0.15) is 23.8 Å². The van der Waals surface area contributed by atoms with Gasteiger partial charge in [-0.3, -0.25) is 0 Å². The summed E-state index contributed by atoms with van der Waals surface area (Å²) in [7, 11) is -4.94. The fourth-order valence-electron chi connectivity index (χ4n) is 1.86. The van der Waals surface area contributed by atoms with Crippen LogP contribution in [0, 0.1) is 10.2 Å². The average molecular weight is 321 g/mol. The normalized spacial score (nSPS) is 10.7. The smallest absolute Gasteiger partial charge is 0.222 e. The standard InChI is InChI=1S/C15H13N2.ClHO4/c1-3-7-14(8-4-1)16-11-12-17(13-16)15-9-5-2-6-10-15;2-1(3,4)5/h1-13H;(H,2,3,4,5)/q+1;/p-1. The van der Waals surface area contributed by atoms with Crippen molar-refractivity contribution in [3.8, 4) is 11.4 Å². The molecule has 6 nitrogen and oxygen atoms in total. The monoisotopic (exact) mass is 320 g/mol. The van der Waals surface area contributed by atoms with Crippen molar-refractivity contribution in [3.05, 3.63) is 79.4 Å². The van der Waals surface area contributed by atoms with Crippen LogP contribution in [0.4, 0.5) is 0 Å². The Morgan fingerprint density at radius 3 is 1.82 bits per heavy atom. The summed E-state index contributed by atoms with van der Waals surface area (Å²) >= 11 is 0. The van der Waals surface area contributed by atoms with Crippen molar-refractivity contribution in [2.45, 2.75) is 0 Å². The molecule has 0 N–H and O–H groups in total. The minimum absolute atomic E-state index is 1.17. The van der Waals surface area contributed by atoms with Crippen molar-refractivity contribution in [2.75, 3.05) is 0 Å². The van der Waals surface area contributed by atoms with E-state index in [9.17, 15) is 0 Å². The maximum absolute atomic E-state index is 8.49. The Bertz CT molecular complexity index is 636. The molecule has 0 aliphatic carbocycles. The second-order valence-electron chi connectivity index (χ2n) is 4.28. The lowest BCUT2D eigenvalue weighted by molar-refractivity contribution is -2.00. The largest absolute Gasteiger partial charge is 0.254 e. The lowest BCUT2D eigenvalue weighted by Crippen LogP contribution is -2.68. The maximum Gasteiger partial charge on any atom is 0.254 e. The Balaban J connectivity index is 0.000000309. The first-order chi connectivity index (χ1) is 10.4. The Morgan fingerprint density at radius 1 is 0.773 bits per heavy atom. The van der Waals surface area contributed by atoms with Crippen LogP contribution in [-0.4, -0.2) is 4.57 Å². The summed E-state index contributed by atoms with van der Waals surface area (Å²) in [5.74, 6) is 0. The third-order valence-electron chi connectivity index (χ3n) is 2.75. The number of nitrogens with zero attached hydrogens (tertiary/aromatic N) is 2. The SMILES string of the molecule is [O-][Cl+3]([O-])([O-])[O-].c1ccc(-n2cc[n+](-c3ccccc3)c2)cc1. The first kappa shape index (κ1) is 16.2. The van der Waals surface area contributed by atoms with Gasteiger partial charge in [-0.1, -0.05) is 36.4 Å². The predicted octanol–water partition coefficient (Wildman–Crippen LogP) is -2.00. The molecule has 0 saturated carbocycles. The quantitative estimate of drug-likeness (QED) is 0.510. The van der Waals surface area contributed by atoms with Crippen LogP contribution in [0.15, 0.2) is 79.4 Å². The van der Waals surface area contributed by atoms with E-state index in [0.29, 0.717) is 0 Å². The molecule has 0 unspecified atom stereocenters. The second-order valence-corrected chi connectivity index (χ2v) is 5.03. The van der Waals surface area contributed by atoms with Gasteiger partial charge in [0, 0.05) is 0 Å². The van der Waals surface area contributed by atoms with Gasteiger partial charge in [0.15, 0.2) is 0 Å². The summed E-state index contributed by atoms with van der Waals surface area (Å²) in [6, 6.07) is 20.6. The molecule has 22 heavy (non-hydrogen) atoms. The maximum atomic E-state index is 8.49. The minimum Gasteiger partial charge on any atom is -0.222 e. The molecule has 1 heterocycles. The Kier molecular flexibility index (Phi) is 5.26. The Labute approximate surface area is 129 Å². The lowest BCUT2D eigenvalue weighted by Gasteiger charge is -2.17. The molecule has 0 bridgehead atoms. The van der Waals surface area contributed by atoms with Crippen LogP contribution < -0.4 is 23.2 Å². The number of hydrogen-bond donors (Lipinski definition) is 0. The van der Waals surface area contributed by atoms with E-state index >= 15 is 0 Å². The zero-order valence-corrected chi connectivity index (χ0v) is 12.2. The molecule has 0 atom stereocenters. The van der Waals surface area contributed by atoms with Gasteiger partial charge in [0.05, 0.1) is 0 Å². The van der Waals surface area contributed by atoms with Gasteiger partial charge >= 0.3 is 0 Å². The van der Waals surface area contributed by atoms with Gasteiger partial charge in [-0.2, -0.15) is 0 Å². The number of imidazole rings is 1. The molecular formula is C15H13ClN2O4.